The summed E-state index contributed by atoms with van der Waals surface area (Å²) < 4.78 is 5.58. The van der Waals surface area contributed by atoms with E-state index in [-0.39, 0.29) is 23.1 Å². The van der Waals surface area contributed by atoms with Crippen molar-refractivity contribution in [2.24, 2.45) is 0 Å². The summed E-state index contributed by atoms with van der Waals surface area (Å²) in [5.41, 5.74) is 1.57. The lowest BCUT2D eigenvalue weighted by Crippen LogP contribution is -2.20. The average molecular weight is 406 g/mol. The number of hydrogen-bond acceptors (Lipinski definition) is 5. The number of hydrogen-bond donors (Lipinski definition) is 1. The highest BCUT2D eigenvalue weighted by Crippen LogP contribution is 2.37. The Morgan fingerprint density at radius 1 is 1.19 bits per heavy atom. The third-order valence-corrected chi connectivity index (χ3v) is 4.28. The number of nitrogens with zero attached hydrogens (tertiary/aromatic N) is 2. The first kappa shape index (κ1) is 18.9. The molecule has 0 atom stereocenters. The van der Waals surface area contributed by atoms with E-state index >= 15 is 0 Å². The zero-order chi connectivity index (χ0) is 19.6. The molecule has 138 valence electrons. The van der Waals surface area contributed by atoms with Gasteiger partial charge in [-0.15, -0.1) is 0 Å². The topological polar surface area (TPSA) is 94.4 Å². The van der Waals surface area contributed by atoms with E-state index in [1.807, 2.05) is 13.0 Å². The first-order valence-electron chi connectivity index (χ1n) is 7.77. The molecule has 0 saturated carbocycles. The van der Waals surface area contributed by atoms with E-state index in [9.17, 15) is 14.9 Å². The molecule has 1 amide bonds. The van der Waals surface area contributed by atoms with Gasteiger partial charge >= 0.3 is 0 Å². The summed E-state index contributed by atoms with van der Waals surface area (Å²) in [5.74, 6) is -0.186. The minimum absolute atomic E-state index is 0.0647. The van der Waals surface area contributed by atoms with Crippen molar-refractivity contribution in [3.63, 3.8) is 0 Å². The van der Waals surface area contributed by atoms with Gasteiger partial charge in [0.1, 0.15) is 5.52 Å². The summed E-state index contributed by atoms with van der Waals surface area (Å²) in [5, 5.41) is 14.6. The first-order valence-corrected chi connectivity index (χ1v) is 8.53. The van der Waals surface area contributed by atoms with Crippen LogP contribution in [0.4, 0.5) is 11.4 Å². The largest absolute Gasteiger partial charge is 0.480 e. The molecule has 0 saturated heterocycles. The van der Waals surface area contributed by atoms with Crippen LogP contribution in [-0.2, 0) is 4.79 Å². The highest BCUT2D eigenvalue weighted by Gasteiger charge is 2.15. The number of ether oxygens (including phenoxy) is 1. The summed E-state index contributed by atoms with van der Waals surface area (Å²) in [6.07, 6.45) is 0. The number of nitrogens with one attached hydrogen (secondary N) is 1. The number of aromatic nitrogens is 1. The number of fused-ring (bicyclic) bond motifs is 1. The van der Waals surface area contributed by atoms with E-state index in [2.05, 4.69) is 10.3 Å². The number of carbonyl (C=O) groups is 1. The van der Waals surface area contributed by atoms with Gasteiger partial charge < -0.3 is 10.1 Å². The second kappa shape index (κ2) is 7.77. The lowest BCUT2D eigenvalue weighted by atomic mass is 10.2. The number of anilines is 1. The normalized spacial score (nSPS) is 10.6. The minimum atomic E-state index is -0.517. The van der Waals surface area contributed by atoms with Crippen LogP contribution < -0.4 is 10.1 Å². The quantitative estimate of drug-likeness (QED) is 0.486. The van der Waals surface area contributed by atoms with Crippen molar-refractivity contribution in [2.75, 3.05) is 11.9 Å². The molecule has 0 aliphatic heterocycles. The molecule has 2 aromatic carbocycles. The summed E-state index contributed by atoms with van der Waals surface area (Å²) in [6, 6.07) is 10.6. The number of non-ortho nitro benzene ring substituents is 1. The SMILES string of the molecule is Cc1ccc2c(Cl)cc(Cl)c(OCC(=O)Nc3ccc([N+](=O)[O-])cc3)c2n1. The van der Waals surface area contributed by atoms with Gasteiger partial charge in [-0.3, -0.25) is 14.9 Å². The molecule has 1 aromatic heterocycles. The van der Waals surface area contributed by atoms with Crippen molar-refractivity contribution in [3.8, 4) is 5.75 Å². The van der Waals surface area contributed by atoms with Gasteiger partial charge in [0.15, 0.2) is 12.4 Å². The molecule has 3 aromatic rings. The highest BCUT2D eigenvalue weighted by molar-refractivity contribution is 6.39. The molecule has 0 aliphatic carbocycles. The molecule has 9 heteroatoms. The highest BCUT2D eigenvalue weighted by atomic mass is 35.5. The summed E-state index contributed by atoms with van der Waals surface area (Å²) in [6.45, 7) is 1.50. The molecule has 7 nitrogen and oxygen atoms in total. The maximum atomic E-state index is 12.1. The van der Waals surface area contributed by atoms with Crippen LogP contribution in [0.2, 0.25) is 10.0 Å². The molecule has 1 N–H and O–H groups in total. The van der Waals surface area contributed by atoms with Crippen molar-refractivity contribution < 1.29 is 14.5 Å². The molecule has 0 unspecified atom stereocenters. The van der Waals surface area contributed by atoms with E-state index in [0.717, 1.165) is 5.69 Å². The number of amides is 1. The van der Waals surface area contributed by atoms with Crippen LogP contribution in [0, 0.1) is 17.0 Å². The number of benzene rings is 2. The molecule has 0 bridgehead atoms. The zero-order valence-corrected chi connectivity index (χ0v) is 15.5. The van der Waals surface area contributed by atoms with Gasteiger partial charge in [0.2, 0.25) is 0 Å². The van der Waals surface area contributed by atoms with E-state index in [1.165, 1.54) is 30.3 Å². The van der Waals surface area contributed by atoms with Gasteiger partial charge in [-0.1, -0.05) is 23.2 Å². The lowest BCUT2D eigenvalue weighted by Gasteiger charge is -2.12. The maximum absolute atomic E-state index is 12.1. The molecular weight excluding hydrogens is 393 g/mol. The smallest absolute Gasteiger partial charge is 0.269 e. The van der Waals surface area contributed by atoms with Crippen molar-refractivity contribution >= 4 is 51.4 Å². The first-order chi connectivity index (χ1) is 12.8. The van der Waals surface area contributed by atoms with Crippen LogP contribution in [0.25, 0.3) is 10.9 Å². The number of nitro groups is 1. The van der Waals surface area contributed by atoms with Crippen LogP contribution >= 0.6 is 23.2 Å². The van der Waals surface area contributed by atoms with Crippen molar-refractivity contribution in [1.82, 2.24) is 4.98 Å². The fourth-order valence-corrected chi connectivity index (χ4v) is 3.00. The standard InChI is InChI=1S/C18H13Cl2N3O4/c1-10-2-7-13-14(19)8-15(20)18(17(13)21-10)27-9-16(24)22-11-3-5-12(6-4-11)23(25)26/h2-8H,9H2,1H3,(H,22,24). The summed E-state index contributed by atoms with van der Waals surface area (Å²) >= 11 is 12.4. The molecule has 0 radical (unpaired) electrons. The number of halogens is 2. The molecule has 27 heavy (non-hydrogen) atoms. The number of carbonyl (C=O) groups excluding carboxylic acids is 1. The Labute approximate surface area is 164 Å². The molecule has 3 rings (SSSR count). The van der Waals surface area contributed by atoms with Gasteiger partial charge in [-0.2, -0.15) is 0 Å². The minimum Gasteiger partial charge on any atom is -0.480 e. The van der Waals surface area contributed by atoms with Crippen LogP contribution in [-0.4, -0.2) is 22.4 Å². The average Bonchev–Trinajstić information content (AvgIpc) is 2.61. The van der Waals surface area contributed by atoms with Gasteiger partial charge in [0.25, 0.3) is 11.6 Å². The van der Waals surface area contributed by atoms with E-state index in [4.69, 9.17) is 27.9 Å². The number of rotatable bonds is 5. The lowest BCUT2D eigenvalue weighted by molar-refractivity contribution is -0.384. The second-order valence-corrected chi connectivity index (χ2v) is 6.47. The van der Waals surface area contributed by atoms with E-state index in [1.54, 1.807) is 6.07 Å². The predicted molar refractivity (Wildman–Crippen MR) is 104 cm³/mol. The van der Waals surface area contributed by atoms with Crippen molar-refractivity contribution in [3.05, 3.63) is 68.3 Å². The van der Waals surface area contributed by atoms with Crippen LogP contribution in [0.1, 0.15) is 5.69 Å². The Kier molecular flexibility index (Phi) is 5.43. The third-order valence-electron chi connectivity index (χ3n) is 3.69. The predicted octanol–water partition coefficient (Wildman–Crippen LogP) is 4.78. The van der Waals surface area contributed by atoms with Gasteiger partial charge in [-0.25, -0.2) is 4.98 Å². The van der Waals surface area contributed by atoms with Crippen LogP contribution in [0.5, 0.6) is 5.75 Å². The number of pyridine rings is 1. The summed E-state index contributed by atoms with van der Waals surface area (Å²) in [4.78, 5) is 26.7. The fraction of sp³-hybridized carbons (Fsp3) is 0.111. The number of aryl methyl sites for hydroxylation is 1. The Morgan fingerprint density at radius 2 is 1.89 bits per heavy atom. The van der Waals surface area contributed by atoms with Crippen molar-refractivity contribution in [2.45, 2.75) is 6.92 Å². The van der Waals surface area contributed by atoms with Crippen LogP contribution in [0.15, 0.2) is 42.5 Å². The Morgan fingerprint density at radius 3 is 2.56 bits per heavy atom. The van der Waals surface area contributed by atoms with Crippen molar-refractivity contribution in [1.29, 1.82) is 0 Å². The van der Waals surface area contributed by atoms with Gasteiger partial charge in [0, 0.05) is 28.9 Å². The van der Waals surface area contributed by atoms with E-state index in [0.29, 0.717) is 21.6 Å². The Bertz CT molecular complexity index is 1040. The zero-order valence-electron chi connectivity index (χ0n) is 14.0. The Balaban J connectivity index is 1.75. The van der Waals surface area contributed by atoms with Crippen LogP contribution in [0.3, 0.4) is 0 Å². The molecular formula is C18H13Cl2N3O4. The molecule has 0 fully saturated rings. The molecule has 0 spiro atoms. The molecule has 1 heterocycles. The summed E-state index contributed by atoms with van der Waals surface area (Å²) in [7, 11) is 0. The fourth-order valence-electron chi connectivity index (χ4n) is 2.43. The number of nitro benzene ring substituents is 1. The third kappa shape index (κ3) is 4.27. The van der Waals surface area contributed by atoms with Gasteiger partial charge in [0.05, 0.1) is 15.0 Å². The monoisotopic (exact) mass is 405 g/mol. The molecule has 0 aliphatic rings. The Hall–Kier alpha value is -2.90. The maximum Gasteiger partial charge on any atom is 0.269 e. The second-order valence-electron chi connectivity index (χ2n) is 5.66. The van der Waals surface area contributed by atoms with Gasteiger partial charge in [-0.05, 0) is 37.3 Å². The van der Waals surface area contributed by atoms with E-state index < -0.39 is 10.8 Å².